The normalized spacial score (nSPS) is 17.9. The molecular weight excluding hydrogens is 819 g/mol. The summed E-state index contributed by atoms with van der Waals surface area (Å²) in [6.45, 7) is 31.5. The number of benzene rings is 6. The van der Waals surface area contributed by atoms with Gasteiger partial charge in [0, 0.05) is 39.9 Å². The second-order valence-corrected chi connectivity index (χ2v) is 22.5. The van der Waals surface area contributed by atoms with Crippen LogP contribution in [-0.4, -0.2) is 26.6 Å². The minimum absolute atomic E-state index is 0.00558. The smallest absolute Gasteiger partial charge is 0.217 e. The molecule has 0 saturated heterocycles. The van der Waals surface area contributed by atoms with Crippen molar-refractivity contribution in [3.63, 3.8) is 0 Å². The fourth-order valence-electron chi connectivity index (χ4n) is 10.6. The molecule has 0 amide bonds. The molecular formula is C62H67N3O2. The highest BCUT2D eigenvalue weighted by Crippen LogP contribution is 2.56. The number of nitrogens with zero attached hydrogens (tertiary/aromatic N) is 3. The van der Waals surface area contributed by atoms with Gasteiger partial charge in [-0.1, -0.05) is 147 Å². The Kier molecular flexibility index (Phi) is 11.2. The monoisotopic (exact) mass is 886 g/mol. The lowest BCUT2D eigenvalue weighted by molar-refractivity contribution is -0.0653. The predicted molar refractivity (Wildman–Crippen MR) is 281 cm³/mol. The molecule has 8 aromatic rings. The van der Waals surface area contributed by atoms with Crippen LogP contribution in [0.15, 0.2) is 151 Å². The Bertz CT molecular complexity index is 3130. The highest BCUT2D eigenvalue weighted by Gasteiger charge is 2.62. The van der Waals surface area contributed by atoms with Gasteiger partial charge in [0.25, 0.3) is 0 Å². The zero-order valence-corrected chi connectivity index (χ0v) is 42.1. The van der Waals surface area contributed by atoms with E-state index in [2.05, 4.69) is 235 Å². The van der Waals surface area contributed by atoms with Crippen molar-refractivity contribution in [3.8, 4) is 28.3 Å². The molecule has 0 spiro atoms. The van der Waals surface area contributed by atoms with Crippen LogP contribution in [0, 0.1) is 26.2 Å². The summed E-state index contributed by atoms with van der Waals surface area (Å²) in [4.78, 5) is 10.8. The van der Waals surface area contributed by atoms with Crippen LogP contribution < -0.4 is 4.74 Å². The summed E-state index contributed by atoms with van der Waals surface area (Å²) in [5, 5.41) is 2.32. The average molecular weight is 886 g/mol. The maximum atomic E-state index is 7.44. The molecule has 67 heavy (non-hydrogen) atoms. The second kappa shape index (κ2) is 16.4. The molecule has 1 aliphatic rings. The van der Waals surface area contributed by atoms with Crippen molar-refractivity contribution in [2.24, 2.45) is 10.4 Å². The number of rotatable bonds is 8. The lowest BCUT2D eigenvalue weighted by Crippen LogP contribution is -2.58. The zero-order valence-electron chi connectivity index (χ0n) is 42.1. The molecule has 5 nitrogen and oxygen atoms in total. The van der Waals surface area contributed by atoms with Crippen molar-refractivity contribution in [2.45, 2.75) is 125 Å². The maximum Gasteiger partial charge on any atom is 0.217 e. The van der Waals surface area contributed by atoms with E-state index < -0.39 is 11.1 Å². The molecule has 342 valence electrons. The quantitative estimate of drug-likeness (QED) is 0.153. The number of aromatic nitrogens is 2. The van der Waals surface area contributed by atoms with Gasteiger partial charge < -0.3 is 9.47 Å². The molecule has 0 unspecified atom stereocenters. The molecule has 0 fully saturated rings. The average Bonchev–Trinajstić information content (AvgIpc) is 3.74. The topological polar surface area (TPSA) is 48.6 Å². The number of ether oxygens (including phenoxy) is 2. The first-order valence-electron chi connectivity index (χ1n) is 23.9. The zero-order chi connectivity index (χ0) is 47.8. The predicted octanol–water partition coefficient (Wildman–Crippen LogP) is 16.3. The van der Waals surface area contributed by atoms with Gasteiger partial charge in [-0.2, -0.15) is 0 Å². The molecule has 0 radical (unpaired) electrons. The Morgan fingerprint density at radius 1 is 0.582 bits per heavy atom. The van der Waals surface area contributed by atoms with Gasteiger partial charge in [-0.3, -0.25) is 4.57 Å². The van der Waals surface area contributed by atoms with Crippen molar-refractivity contribution >= 4 is 27.8 Å². The van der Waals surface area contributed by atoms with Crippen molar-refractivity contribution < 1.29 is 9.47 Å². The summed E-state index contributed by atoms with van der Waals surface area (Å²) in [5.74, 6) is 1.97. The Labute approximate surface area is 398 Å². The van der Waals surface area contributed by atoms with Gasteiger partial charge in [0.1, 0.15) is 28.3 Å². The van der Waals surface area contributed by atoms with Crippen LogP contribution in [0.3, 0.4) is 0 Å². The number of pyridine rings is 1. The Balaban J connectivity index is 1.25. The largest absolute Gasteiger partial charge is 0.468 e. The Morgan fingerprint density at radius 3 is 1.78 bits per heavy atom. The van der Waals surface area contributed by atoms with Crippen LogP contribution in [0.2, 0.25) is 0 Å². The summed E-state index contributed by atoms with van der Waals surface area (Å²) in [6, 6.07) is 50.4. The Hall–Kier alpha value is -6.46. The molecule has 2 atom stereocenters. The third kappa shape index (κ3) is 8.15. The summed E-state index contributed by atoms with van der Waals surface area (Å²) in [6.07, 6.45) is 1.89. The van der Waals surface area contributed by atoms with E-state index in [1.807, 2.05) is 12.3 Å². The van der Waals surface area contributed by atoms with Crippen LogP contribution in [0.1, 0.15) is 127 Å². The summed E-state index contributed by atoms with van der Waals surface area (Å²) in [7, 11) is 0. The fourth-order valence-corrected chi connectivity index (χ4v) is 10.6. The van der Waals surface area contributed by atoms with Crippen LogP contribution >= 0.6 is 0 Å². The lowest BCUT2D eigenvalue weighted by atomic mass is 9.59. The van der Waals surface area contributed by atoms with E-state index in [0.717, 1.165) is 44.7 Å². The van der Waals surface area contributed by atoms with Crippen LogP contribution in [0.5, 0.6) is 11.5 Å². The SMILES string of the molecule is Cc1cc(C)c(-c2cc(Oc3cc(-n4c5ccc(C(C)(C)C)cc5c5cccnc54)cc(C(C)(C)C)c3)cc(C3=N[C@](C)(C(c4ccccc4)c4ccccc4)[C@@](C)(C(C)(C)C)O3)c2)c(C)c1. The number of hydrogen-bond donors (Lipinski definition) is 0. The van der Waals surface area contributed by atoms with Gasteiger partial charge in [-0.15, -0.1) is 0 Å². The van der Waals surface area contributed by atoms with E-state index in [9.17, 15) is 0 Å². The highest BCUT2D eigenvalue weighted by atomic mass is 16.5. The van der Waals surface area contributed by atoms with Gasteiger partial charge in [-0.05, 0) is 145 Å². The van der Waals surface area contributed by atoms with Gasteiger partial charge in [0.2, 0.25) is 5.90 Å². The summed E-state index contributed by atoms with van der Waals surface area (Å²) in [5.41, 5.74) is 12.7. The van der Waals surface area contributed by atoms with Crippen molar-refractivity contribution in [1.29, 1.82) is 0 Å². The molecule has 1 aliphatic heterocycles. The van der Waals surface area contributed by atoms with Gasteiger partial charge in [0.15, 0.2) is 0 Å². The number of aliphatic imine (C=N–C) groups is 1. The van der Waals surface area contributed by atoms with Gasteiger partial charge in [-0.25, -0.2) is 9.98 Å². The van der Waals surface area contributed by atoms with Gasteiger partial charge in [0.05, 0.1) is 11.2 Å². The molecule has 2 aromatic heterocycles. The first kappa shape index (κ1) is 45.7. The minimum atomic E-state index is -0.724. The second-order valence-electron chi connectivity index (χ2n) is 22.5. The number of hydrogen-bond acceptors (Lipinski definition) is 4. The molecule has 0 N–H and O–H groups in total. The molecule has 0 aliphatic carbocycles. The van der Waals surface area contributed by atoms with Crippen LogP contribution in [-0.2, 0) is 15.6 Å². The maximum absolute atomic E-state index is 7.44. The fraction of sp³-hybridized carbons (Fsp3) is 0.323. The first-order chi connectivity index (χ1) is 31.6. The molecule has 0 saturated carbocycles. The standard InChI is InChI=1S/C62H67N3O2/c1-39-30-40(2)54(41(3)31-39)44-32-45(57-64-61(13,62(14,67-57)60(10,11)12)55(42-22-17-15-18-23-42)43-24-19-16-20-25-43)34-49(33-44)66-50-36-47(59(7,8)9)35-48(38-50)65-53-28-27-46(58(4,5)6)37-52(53)51-26-21-29-63-56(51)65/h15-38,55H,1-14H3/t61-,62-/m1/s1. The van der Waals surface area contributed by atoms with E-state index in [1.54, 1.807) is 0 Å². The molecule has 3 heterocycles. The minimum Gasteiger partial charge on any atom is -0.468 e. The molecule has 5 heteroatoms. The van der Waals surface area contributed by atoms with Crippen molar-refractivity contribution in [3.05, 3.63) is 190 Å². The Morgan fingerprint density at radius 2 is 1.18 bits per heavy atom. The lowest BCUT2D eigenvalue weighted by Gasteiger charge is -2.50. The van der Waals surface area contributed by atoms with E-state index in [0.29, 0.717) is 11.6 Å². The molecule has 9 rings (SSSR count). The summed E-state index contributed by atoms with van der Waals surface area (Å²) >= 11 is 0. The number of fused-ring (bicyclic) bond motifs is 3. The van der Waals surface area contributed by atoms with Crippen molar-refractivity contribution in [2.75, 3.05) is 0 Å². The van der Waals surface area contributed by atoms with Crippen LogP contribution in [0.4, 0.5) is 0 Å². The number of aryl methyl sites for hydroxylation is 3. The summed E-state index contributed by atoms with van der Waals surface area (Å²) < 4.78 is 17.0. The van der Waals surface area contributed by atoms with E-state index in [4.69, 9.17) is 19.5 Å². The highest BCUT2D eigenvalue weighted by molar-refractivity contribution is 6.08. The van der Waals surface area contributed by atoms with E-state index in [-0.39, 0.29) is 22.2 Å². The van der Waals surface area contributed by atoms with Gasteiger partial charge >= 0.3 is 0 Å². The third-order valence-electron chi connectivity index (χ3n) is 14.6. The first-order valence-corrected chi connectivity index (χ1v) is 23.9. The third-order valence-corrected chi connectivity index (χ3v) is 14.6. The van der Waals surface area contributed by atoms with E-state index in [1.165, 1.54) is 44.3 Å². The van der Waals surface area contributed by atoms with E-state index >= 15 is 0 Å². The molecule has 0 bridgehead atoms. The molecule has 6 aromatic carbocycles. The van der Waals surface area contributed by atoms with Crippen molar-refractivity contribution in [1.82, 2.24) is 9.55 Å². The van der Waals surface area contributed by atoms with Crippen LogP contribution in [0.25, 0.3) is 38.8 Å².